The van der Waals surface area contributed by atoms with E-state index in [4.69, 9.17) is 27.9 Å². The van der Waals surface area contributed by atoms with Crippen molar-refractivity contribution in [2.24, 2.45) is 5.92 Å². The summed E-state index contributed by atoms with van der Waals surface area (Å²) in [6.07, 6.45) is 2.64. The Bertz CT molecular complexity index is 616. The molecule has 1 heterocycles. The minimum Gasteiger partial charge on any atom is -0.482 e. The summed E-state index contributed by atoms with van der Waals surface area (Å²) >= 11 is 11.9. The summed E-state index contributed by atoms with van der Waals surface area (Å²) in [4.78, 5) is 26.7. The van der Waals surface area contributed by atoms with Gasteiger partial charge in [-0.15, -0.1) is 0 Å². The van der Waals surface area contributed by atoms with Crippen LogP contribution in [-0.4, -0.2) is 42.5 Å². The van der Waals surface area contributed by atoms with Gasteiger partial charge in [-0.1, -0.05) is 37.0 Å². The summed E-state index contributed by atoms with van der Waals surface area (Å²) in [5.41, 5.74) is 0. The van der Waals surface area contributed by atoms with Crippen LogP contribution in [0.4, 0.5) is 0 Å². The number of carbonyl (C=O) groups is 2. The lowest BCUT2D eigenvalue weighted by Crippen LogP contribution is -2.49. The molecule has 7 heteroatoms. The lowest BCUT2D eigenvalue weighted by atomic mass is 10.0. The second-order valence-corrected chi connectivity index (χ2v) is 7.49. The average molecular weight is 387 g/mol. The van der Waals surface area contributed by atoms with Gasteiger partial charge < -0.3 is 15.0 Å². The molecule has 25 heavy (non-hydrogen) atoms. The van der Waals surface area contributed by atoms with Crippen molar-refractivity contribution in [1.29, 1.82) is 0 Å². The van der Waals surface area contributed by atoms with Crippen LogP contribution >= 0.6 is 23.2 Å². The molecule has 138 valence electrons. The monoisotopic (exact) mass is 386 g/mol. The van der Waals surface area contributed by atoms with Crippen LogP contribution in [0.3, 0.4) is 0 Å². The second kappa shape index (κ2) is 9.30. The van der Waals surface area contributed by atoms with Crippen LogP contribution in [0.1, 0.15) is 33.1 Å². The van der Waals surface area contributed by atoms with Gasteiger partial charge in [0.15, 0.2) is 6.61 Å². The standard InChI is InChI=1S/C18H24Cl2N2O3/c1-12(2)9-15(18(24)22-7-3-4-8-22)21-17(23)11-25-16-6-5-13(19)10-14(16)20/h5-6,10,12,15H,3-4,7-9,11H2,1-2H3,(H,21,23)/t15-/m0/s1. The molecule has 0 saturated carbocycles. The Morgan fingerprint density at radius 3 is 2.52 bits per heavy atom. The first-order valence-corrected chi connectivity index (χ1v) is 9.28. The number of benzene rings is 1. The maximum atomic E-state index is 12.6. The van der Waals surface area contributed by atoms with Crippen LogP contribution in [0.25, 0.3) is 0 Å². The molecule has 5 nitrogen and oxygen atoms in total. The van der Waals surface area contributed by atoms with Gasteiger partial charge in [0.25, 0.3) is 5.91 Å². The van der Waals surface area contributed by atoms with Crippen molar-refractivity contribution >= 4 is 35.0 Å². The number of carbonyl (C=O) groups excluding carboxylic acids is 2. The summed E-state index contributed by atoms with van der Waals surface area (Å²) < 4.78 is 5.44. The molecule has 0 aromatic heterocycles. The fraction of sp³-hybridized carbons (Fsp3) is 0.556. The van der Waals surface area contributed by atoms with Gasteiger partial charge in [-0.25, -0.2) is 0 Å². The second-order valence-electron chi connectivity index (χ2n) is 6.65. The highest BCUT2D eigenvalue weighted by atomic mass is 35.5. The third kappa shape index (κ3) is 6.08. The molecular formula is C18H24Cl2N2O3. The zero-order chi connectivity index (χ0) is 18.4. The number of nitrogens with zero attached hydrogens (tertiary/aromatic N) is 1. The van der Waals surface area contributed by atoms with Gasteiger partial charge in [-0.3, -0.25) is 9.59 Å². The molecular weight excluding hydrogens is 363 g/mol. The number of nitrogens with one attached hydrogen (secondary N) is 1. The van der Waals surface area contributed by atoms with Crippen molar-refractivity contribution in [3.05, 3.63) is 28.2 Å². The molecule has 2 rings (SSSR count). The fourth-order valence-electron chi connectivity index (χ4n) is 2.82. The summed E-state index contributed by atoms with van der Waals surface area (Å²) in [6, 6.07) is 4.28. The SMILES string of the molecule is CC(C)C[C@H](NC(=O)COc1ccc(Cl)cc1Cl)C(=O)N1CCCC1. The van der Waals surface area contributed by atoms with Gasteiger partial charge in [-0.05, 0) is 43.4 Å². The van der Waals surface area contributed by atoms with Crippen molar-refractivity contribution in [2.45, 2.75) is 39.2 Å². The number of hydrogen-bond acceptors (Lipinski definition) is 3. The minimum absolute atomic E-state index is 0.0101. The van der Waals surface area contributed by atoms with Gasteiger partial charge in [0.2, 0.25) is 5.91 Å². The minimum atomic E-state index is -0.519. The highest BCUT2D eigenvalue weighted by Crippen LogP contribution is 2.27. The lowest BCUT2D eigenvalue weighted by molar-refractivity contribution is -0.136. The summed E-state index contributed by atoms with van der Waals surface area (Å²) in [5, 5.41) is 3.64. The molecule has 1 aromatic carbocycles. The highest BCUT2D eigenvalue weighted by molar-refractivity contribution is 6.35. The van der Waals surface area contributed by atoms with Crippen molar-refractivity contribution in [3.8, 4) is 5.75 Å². The molecule has 0 radical (unpaired) electrons. The zero-order valence-electron chi connectivity index (χ0n) is 14.6. The van der Waals surface area contributed by atoms with E-state index in [0.717, 1.165) is 25.9 Å². The summed E-state index contributed by atoms with van der Waals surface area (Å²) in [6.45, 7) is 5.38. The molecule has 0 spiro atoms. The predicted molar refractivity (Wildman–Crippen MR) is 99.2 cm³/mol. The molecule has 1 aromatic rings. The topological polar surface area (TPSA) is 58.6 Å². The lowest BCUT2D eigenvalue weighted by Gasteiger charge is -2.25. The van der Waals surface area contributed by atoms with E-state index >= 15 is 0 Å². The molecule has 0 bridgehead atoms. The van der Waals surface area contributed by atoms with E-state index in [1.54, 1.807) is 18.2 Å². The smallest absolute Gasteiger partial charge is 0.258 e. The van der Waals surface area contributed by atoms with Gasteiger partial charge in [0.05, 0.1) is 5.02 Å². The predicted octanol–water partition coefficient (Wildman–Crippen LogP) is 3.53. The fourth-order valence-corrected chi connectivity index (χ4v) is 3.29. The third-order valence-corrected chi connectivity index (χ3v) is 4.54. The van der Waals surface area contributed by atoms with E-state index in [9.17, 15) is 9.59 Å². The summed E-state index contributed by atoms with van der Waals surface area (Å²) in [7, 11) is 0. The Hall–Kier alpha value is -1.46. The van der Waals surface area contributed by atoms with E-state index in [0.29, 0.717) is 28.1 Å². The van der Waals surface area contributed by atoms with Crippen LogP contribution in [0, 0.1) is 5.92 Å². The Labute approximate surface area is 158 Å². The van der Waals surface area contributed by atoms with Crippen LogP contribution in [-0.2, 0) is 9.59 Å². The Morgan fingerprint density at radius 2 is 1.92 bits per heavy atom. The first-order chi connectivity index (χ1) is 11.9. The first-order valence-electron chi connectivity index (χ1n) is 8.53. The first kappa shape index (κ1) is 19.9. The number of likely N-dealkylation sites (tertiary alicyclic amines) is 1. The van der Waals surface area contributed by atoms with E-state index in [1.165, 1.54) is 0 Å². The molecule has 2 amide bonds. The third-order valence-electron chi connectivity index (χ3n) is 4.01. The van der Waals surface area contributed by atoms with Gasteiger partial charge >= 0.3 is 0 Å². The van der Waals surface area contributed by atoms with E-state index in [1.807, 2.05) is 18.7 Å². The van der Waals surface area contributed by atoms with Crippen molar-refractivity contribution in [2.75, 3.05) is 19.7 Å². The molecule has 1 aliphatic rings. The number of halogens is 2. The van der Waals surface area contributed by atoms with Gasteiger partial charge in [0, 0.05) is 18.1 Å². The van der Waals surface area contributed by atoms with E-state index < -0.39 is 6.04 Å². The number of hydrogen-bond donors (Lipinski definition) is 1. The van der Waals surface area contributed by atoms with Crippen molar-refractivity contribution in [3.63, 3.8) is 0 Å². The van der Waals surface area contributed by atoms with E-state index in [-0.39, 0.29) is 18.4 Å². The van der Waals surface area contributed by atoms with E-state index in [2.05, 4.69) is 5.32 Å². The summed E-state index contributed by atoms with van der Waals surface area (Å²) in [5.74, 6) is 0.323. The maximum Gasteiger partial charge on any atom is 0.258 e. The van der Waals surface area contributed by atoms with Crippen LogP contribution in [0.15, 0.2) is 18.2 Å². The normalized spacial score (nSPS) is 15.3. The average Bonchev–Trinajstić information content (AvgIpc) is 3.06. The molecule has 0 aliphatic carbocycles. The molecule has 1 saturated heterocycles. The van der Waals surface area contributed by atoms with Crippen LogP contribution in [0.5, 0.6) is 5.75 Å². The van der Waals surface area contributed by atoms with Crippen LogP contribution < -0.4 is 10.1 Å². The molecule has 1 fully saturated rings. The Kier molecular flexibility index (Phi) is 7.38. The van der Waals surface area contributed by atoms with Gasteiger partial charge in [-0.2, -0.15) is 0 Å². The van der Waals surface area contributed by atoms with Gasteiger partial charge in [0.1, 0.15) is 11.8 Å². The van der Waals surface area contributed by atoms with Crippen LogP contribution in [0.2, 0.25) is 10.0 Å². The van der Waals surface area contributed by atoms with Crippen molar-refractivity contribution < 1.29 is 14.3 Å². The molecule has 1 atom stereocenters. The number of rotatable bonds is 7. The Balaban J connectivity index is 1.92. The highest BCUT2D eigenvalue weighted by Gasteiger charge is 2.28. The quantitative estimate of drug-likeness (QED) is 0.779. The number of amides is 2. The molecule has 1 aliphatic heterocycles. The zero-order valence-corrected chi connectivity index (χ0v) is 16.1. The van der Waals surface area contributed by atoms with Crippen molar-refractivity contribution in [1.82, 2.24) is 10.2 Å². The molecule has 1 N–H and O–H groups in total. The number of ether oxygens (including phenoxy) is 1. The maximum absolute atomic E-state index is 12.6. The molecule has 0 unspecified atom stereocenters. The largest absolute Gasteiger partial charge is 0.482 e. The Morgan fingerprint density at radius 1 is 1.24 bits per heavy atom.